The highest BCUT2D eigenvalue weighted by molar-refractivity contribution is 6.32. The van der Waals surface area contributed by atoms with E-state index in [4.69, 9.17) is 22.1 Å². The molecule has 0 aliphatic rings. The van der Waals surface area contributed by atoms with Gasteiger partial charge in [-0.2, -0.15) is 0 Å². The number of methoxy groups -OCH3 is 1. The molecule has 90 valence electrons. The SMILES string of the molecule is COc1ccc(C(C)CCCCN)cc1Cl. The normalized spacial score (nSPS) is 12.5. The Kier molecular flexibility index (Phi) is 5.64. The van der Waals surface area contributed by atoms with Gasteiger partial charge in [0.25, 0.3) is 0 Å². The molecule has 1 unspecified atom stereocenters. The molecule has 3 heteroatoms. The average Bonchev–Trinajstić information content (AvgIpc) is 2.29. The molecule has 1 atom stereocenters. The Hall–Kier alpha value is -0.730. The molecule has 16 heavy (non-hydrogen) atoms. The number of unbranched alkanes of at least 4 members (excludes halogenated alkanes) is 1. The van der Waals surface area contributed by atoms with Crippen molar-refractivity contribution in [2.45, 2.75) is 32.1 Å². The molecule has 0 saturated heterocycles. The summed E-state index contributed by atoms with van der Waals surface area (Å²) in [5.41, 5.74) is 6.74. The molecule has 0 radical (unpaired) electrons. The second-order valence-electron chi connectivity index (χ2n) is 4.08. The first-order valence-electron chi connectivity index (χ1n) is 5.72. The van der Waals surface area contributed by atoms with Crippen LogP contribution in [0.15, 0.2) is 18.2 Å². The summed E-state index contributed by atoms with van der Waals surface area (Å²) < 4.78 is 5.13. The fourth-order valence-electron chi connectivity index (χ4n) is 1.75. The van der Waals surface area contributed by atoms with Crippen LogP contribution < -0.4 is 10.5 Å². The average molecular weight is 242 g/mol. The topological polar surface area (TPSA) is 35.2 Å². The summed E-state index contributed by atoms with van der Waals surface area (Å²) >= 11 is 6.09. The van der Waals surface area contributed by atoms with Crippen molar-refractivity contribution in [1.29, 1.82) is 0 Å². The minimum Gasteiger partial charge on any atom is -0.495 e. The Bertz CT molecular complexity index is 328. The Morgan fingerprint density at radius 1 is 1.38 bits per heavy atom. The number of nitrogens with two attached hydrogens (primary N) is 1. The summed E-state index contributed by atoms with van der Waals surface area (Å²) in [4.78, 5) is 0. The maximum atomic E-state index is 6.09. The summed E-state index contributed by atoms with van der Waals surface area (Å²) in [5, 5.41) is 0.686. The first-order valence-corrected chi connectivity index (χ1v) is 6.10. The van der Waals surface area contributed by atoms with E-state index in [1.54, 1.807) is 7.11 Å². The predicted octanol–water partition coefficient (Wildman–Crippen LogP) is 3.58. The van der Waals surface area contributed by atoms with Gasteiger partial charge in [0.2, 0.25) is 0 Å². The van der Waals surface area contributed by atoms with Gasteiger partial charge in [0, 0.05) is 0 Å². The van der Waals surface area contributed by atoms with Gasteiger partial charge in [0.1, 0.15) is 5.75 Å². The van der Waals surface area contributed by atoms with Crippen molar-refractivity contribution < 1.29 is 4.74 Å². The minimum atomic E-state index is 0.523. The molecule has 2 nitrogen and oxygen atoms in total. The standard InChI is InChI=1S/C13H20ClNO/c1-10(5-3-4-8-15)11-6-7-13(16-2)12(14)9-11/h6-7,9-10H,3-5,8,15H2,1-2H3. The lowest BCUT2D eigenvalue weighted by Gasteiger charge is -2.13. The molecule has 0 fully saturated rings. The maximum absolute atomic E-state index is 6.09. The van der Waals surface area contributed by atoms with Gasteiger partial charge in [0.15, 0.2) is 0 Å². The maximum Gasteiger partial charge on any atom is 0.137 e. The van der Waals surface area contributed by atoms with Crippen molar-refractivity contribution >= 4 is 11.6 Å². The highest BCUT2D eigenvalue weighted by Crippen LogP contribution is 2.30. The zero-order chi connectivity index (χ0) is 12.0. The molecule has 1 rings (SSSR count). The lowest BCUT2D eigenvalue weighted by atomic mass is 9.95. The van der Waals surface area contributed by atoms with Gasteiger partial charge < -0.3 is 10.5 Å². The van der Waals surface area contributed by atoms with E-state index in [1.807, 2.05) is 12.1 Å². The van der Waals surface area contributed by atoms with Gasteiger partial charge in [-0.25, -0.2) is 0 Å². The first-order chi connectivity index (χ1) is 7.69. The summed E-state index contributed by atoms with van der Waals surface area (Å²) in [6, 6.07) is 6.00. The number of rotatable bonds is 6. The Balaban J connectivity index is 2.62. The zero-order valence-corrected chi connectivity index (χ0v) is 10.8. The van der Waals surface area contributed by atoms with E-state index in [1.165, 1.54) is 12.0 Å². The van der Waals surface area contributed by atoms with Crippen LogP contribution in [0.1, 0.15) is 37.7 Å². The van der Waals surface area contributed by atoms with E-state index in [9.17, 15) is 0 Å². The van der Waals surface area contributed by atoms with Gasteiger partial charge in [-0.1, -0.05) is 31.0 Å². The Morgan fingerprint density at radius 3 is 2.69 bits per heavy atom. The van der Waals surface area contributed by atoms with Crippen molar-refractivity contribution in [3.05, 3.63) is 28.8 Å². The fourth-order valence-corrected chi connectivity index (χ4v) is 2.02. The van der Waals surface area contributed by atoms with Gasteiger partial charge in [0.05, 0.1) is 12.1 Å². The van der Waals surface area contributed by atoms with Crippen LogP contribution in [0.2, 0.25) is 5.02 Å². The lowest BCUT2D eigenvalue weighted by Crippen LogP contribution is -2.00. The highest BCUT2D eigenvalue weighted by Gasteiger charge is 2.08. The number of benzene rings is 1. The van der Waals surface area contributed by atoms with Crippen molar-refractivity contribution in [1.82, 2.24) is 0 Å². The molecule has 0 aromatic heterocycles. The molecule has 0 aliphatic heterocycles. The second-order valence-corrected chi connectivity index (χ2v) is 4.49. The lowest BCUT2D eigenvalue weighted by molar-refractivity contribution is 0.414. The molecule has 0 amide bonds. The van der Waals surface area contributed by atoms with Crippen molar-refractivity contribution in [2.24, 2.45) is 5.73 Å². The first kappa shape index (κ1) is 13.3. The van der Waals surface area contributed by atoms with Crippen molar-refractivity contribution in [2.75, 3.05) is 13.7 Å². The number of ether oxygens (including phenoxy) is 1. The molecule has 1 aromatic rings. The predicted molar refractivity (Wildman–Crippen MR) is 69.3 cm³/mol. The third-order valence-electron chi connectivity index (χ3n) is 2.84. The minimum absolute atomic E-state index is 0.523. The summed E-state index contributed by atoms with van der Waals surface area (Å²) in [5.74, 6) is 1.26. The van der Waals surface area contributed by atoms with Gasteiger partial charge in [-0.05, 0) is 43.0 Å². The summed E-state index contributed by atoms with van der Waals surface area (Å²) in [6.07, 6.45) is 3.41. The zero-order valence-electron chi connectivity index (χ0n) is 10.0. The molecule has 0 aliphatic carbocycles. The molecule has 0 heterocycles. The van der Waals surface area contributed by atoms with Gasteiger partial charge in [-0.3, -0.25) is 0 Å². The fraction of sp³-hybridized carbons (Fsp3) is 0.538. The summed E-state index contributed by atoms with van der Waals surface area (Å²) in [6.45, 7) is 2.99. The van der Waals surface area contributed by atoms with Crippen LogP contribution in [0.5, 0.6) is 5.75 Å². The van der Waals surface area contributed by atoms with E-state index in [0.29, 0.717) is 10.9 Å². The quantitative estimate of drug-likeness (QED) is 0.773. The van der Waals surface area contributed by atoms with E-state index < -0.39 is 0 Å². The smallest absolute Gasteiger partial charge is 0.137 e. The Morgan fingerprint density at radius 2 is 2.12 bits per heavy atom. The monoisotopic (exact) mass is 241 g/mol. The molecule has 2 N–H and O–H groups in total. The van der Waals surface area contributed by atoms with Crippen LogP contribution in [0.3, 0.4) is 0 Å². The van der Waals surface area contributed by atoms with Crippen molar-refractivity contribution in [3.63, 3.8) is 0 Å². The van der Waals surface area contributed by atoms with Crippen LogP contribution in [0, 0.1) is 0 Å². The number of hydrogen-bond acceptors (Lipinski definition) is 2. The van der Waals surface area contributed by atoms with E-state index in [0.717, 1.165) is 25.1 Å². The highest BCUT2D eigenvalue weighted by atomic mass is 35.5. The van der Waals surface area contributed by atoms with Gasteiger partial charge in [-0.15, -0.1) is 0 Å². The van der Waals surface area contributed by atoms with Crippen LogP contribution >= 0.6 is 11.6 Å². The second kappa shape index (κ2) is 6.77. The summed E-state index contributed by atoms with van der Waals surface area (Å²) in [7, 11) is 1.63. The van der Waals surface area contributed by atoms with E-state index in [-0.39, 0.29) is 0 Å². The van der Waals surface area contributed by atoms with Crippen LogP contribution in [0.4, 0.5) is 0 Å². The van der Waals surface area contributed by atoms with Gasteiger partial charge >= 0.3 is 0 Å². The number of halogens is 1. The third kappa shape index (κ3) is 3.69. The van der Waals surface area contributed by atoms with Crippen LogP contribution in [0.25, 0.3) is 0 Å². The number of hydrogen-bond donors (Lipinski definition) is 1. The third-order valence-corrected chi connectivity index (χ3v) is 3.13. The molecule has 0 spiro atoms. The molecule has 1 aromatic carbocycles. The van der Waals surface area contributed by atoms with Crippen molar-refractivity contribution in [3.8, 4) is 5.75 Å². The largest absolute Gasteiger partial charge is 0.495 e. The molecule has 0 bridgehead atoms. The van der Waals surface area contributed by atoms with Crippen LogP contribution in [-0.2, 0) is 0 Å². The Labute approximate surface area is 103 Å². The van der Waals surface area contributed by atoms with E-state index in [2.05, 4.69) is 13.0 Å². The molecular formula is C13H20ClNO. The molecular weight excluding hydrogens is 222 g/mol. The van der Waals surface area contributed by atoms with E-state index >= 15 is 0 Å². The molecule has 0 saturated carbocycles. The van der Waals surface area contributed by atoms with Crippen LogP contribution in [-0.4, -0.2) is 13.7 Å².